The van der Waals surface area contributed by atoms with Crippen molar-refractivity contribution < 1.29 is 4.42 Å². The van der Waals surface area contributed by atoms with Crippen LogP contribution in [0.2, 0.25) is 0 Å². The van der Waals surface area contributed by atoms with Gasteiger partial charge in [0.1, 0.15) is 5.76 Å². The molecule has 1 aliphatic rings. The summed E-state index contributed by atoms with van der Waals surface area (Å²) in [4.78, 5) is 9.57. The monoisotopic (exact) mass is 455 g/mol. The Morgan fingerprint density at radius 1 is 0.750 bits per heavy atom. The third kappa shape index (κ3) is 3.66. The van der Waals surface area contributed by atoms with Crippen molar-refractivity contribution in [3.63, 3.8) is 0 Å². The molecule has 0 atom stereocenters. The standard InChI is InChI=1S/C26H21N3OS2/c1-3-9-19(10-4-1)28-17-18-29(20-11-5-2-6-12-20)25(28)22-15-16-24(30-22)32-26-27-21-13-7-8-14-23(21)31-26/h1-16,25H,17-18H2. The van der Waals surface area contributed by atoms with Crippen LogP contribution >= 0.6 is 23.1 Å². The Morgan fingerprint density at radius 3 is 2.03 bits per heavy atom. The maximum Gasteiger partial charge on any atom is 0.167 e. The topological polar surface area (TPSA) is 32.5 Å². The van der Waals surface area contributed by atoms with Crippen molar-refractivity contribution in [2.45, 2.75) is 15.6 Å². The molecule has 1 saturated heterocycles. The highest BCUT2D eigenvalue weighted by Crippen LogP contribution is 2.41. The molecular formula is C26H21N3OS2. The lowest BCUT2D eigenvalue weighted by atomic mass is 10.2. The van der Waals surface area contributed by atoms with Crippen LogP contribution in [0, 0.1) is 0 Å². The molecule has 2 aromatic heterocycles. The summed E-state index contributed by atoms with van der Waals surface area (Å²) in [6, 6.07) is 33.6. The van der Waals surface area contributed by atoms with E-state index in [0.717, 1.165) is 33.8 Å². The van der Waals surface area contributed by atoms with Gasteiger partial charge in [-0.25, -0.2) is 4.98 Å². The second-order valence-electron chi connectivity index (χ2n) is 7.64. The lowest BCUT2D eigenvalue weighted by Crippen LogP contribution is -2.30. The van der Waals surface area contributed by atoms with Crippen LogP contribution in [-0.4, -0.2) is 18.1 Å². The van der Waals surface area contributed by atoms with Gasteiger partial charge in [0.25, 0.3) is 0 Å². The number of thiazole rings is 1. The van der Waals surface area contributed by atoms with Crippen molar-refractivity contribution >= 4 is 44.7 Å². The molecule has 0 N–H and O–H groups in total. The molecule has 1 aliphatic heterocycles. The van der Waals surface area contributed by atoms with Crippen LogP contribution < -0.4 is 9.80 Å². The minimum atomic E-state index is 0.00418. The molecule has 0 saturated carbocycles. The van der Waals surface area contributed by atoms with Gasteiger partial charge >= 0.3 is 0 Å². The Morgan fingerprint density at radius 2 is 1.38 bits per heavy atom. The SMILES string of the molecule is c1ccc(N2CCN(c3ccccc3)C2c2ccc(Sc3nc4ccccc4s3)o2)cc1. The Labute approximate surface area is 195 Å². The Kier molecular flexibility index (Phi) is 5.09. The fraction of sp³-hybridized carbons (Fsp3) is 0.115. The highest BCUT2D eigenvalue weighted by atomic mass is 32.2. The molecule has 0 aliphatic carbocycles. The predicted octanol–water partition coefficient (Wildman–Crippen LogP) is 7.07. The van der Waals surface area contributed by atoms with Gasteiger partial charge in [-0.05, 0) is 60.3 Å². The first-order chi connectivity index (χ1) is 15.8. The van der Waals surface area contributed by atoms with E-state index in [4.69, 9.17) is 9.40 Å². The molecule has 0 unspecified atom stereocenters. The quantitative estimate of drug-likeness (QED) is 0.283. The van der Waals surface area contributed by atoms with E-state index in [1.165, 1.54) is 16.1 Å². The van der Waals surface area contributed by atoms with Crippen LogP contribution in [0.5, 0.6) is 0 Å². The molecule has 1 fully saturated rings. The fourth-order valence-corrected chi connectivity index (χ4v) is 6.19. The Balaban J connectivity index is 1.33. The van der Waals surface area contributed by atoms with Crippen LogP contribution in [0.3, 0.4) is 0 Å². The fourth-order valence-electron chi connectivity index (χ4n) is 4.22. The second kappa shape index (κ2) is 8.37. The van der Waals surface area contributed by atoms with Crippen molar-refractivity contribution in [2.24, 2.45) is 0 Å². The molecular weight excluding hydrogens is 434 g/mol. The first kappa shape index (κ1) is 19.5. The number of furan rings is 1. The summed E-state index contributed by atoms with van der Waals surface area (Å²) in [6.45, 7) is 1.87. The lowest BCUT2D eigenvalue weighted by molar-refractivity contribution is 0.403. The summed E-state index contributed by atoms with van der Waals surface area (Å²) in [7, 11) is 0. The highest BCUT2D eigenvalue weighted by molar-refractivity contribution is 8.01. The Bertz CT molecular complexity index is 1250. The minimum Gasteiger partial charge on any atom is -0.450 e. The second-order valence-corrected chi connectivity index (χ2v) is 9.92. The first-order valence-electron chi connectivity index (χ1n) is 10.6. The zero-order valence-corrected chi connectivity index (χ0v) is 18.9. The number of anilines is 2. The molecule has 3 heterocycles. The lowest BCUT2D eigenvalue weighted by Gasteiger charge is -2.31. The first-order valence-corrected chi connectivity index (χ1v) is 12.2. The molecule has 6 rings (SSSR count). The zero-order valence-electron chi connectivity index (χ0n) is 17.3. The van der Waals surface area contributed by atoms with E-state index in [-0.39, 0.29) is 6.17 Å². The van der Waals surface area contributed by atoms with E-state index in [1.54, 1.807) is 23.1 Å². The summed E-state index contributed by atoms with van der Waals surface area (Å²) in [5.74, 6) is 0.943. The number of hydrogen-bond acceptors (Lipinski definition) is 6. The summed E-state index contributed by atoms with van der Waals surface area (Å²) < 4.78 is 8.61. The summed E-state index contributed by atoms with van der Waals surface area (Å²) in [6.07, 6.45) is 0.00418. The number of rotatable bonds is 5. The van der Waals surface area contributed by atoms with Gasteiger partial charge in [-0.1, -0.05) is 48.5 Å². The van der Waals surface area contributed by atoms with E-state index < -0.39 is 0 Å². The van der Waals surface area contributed by atoms with E-state index in [0.29, 0.717) is 0 Å². The largest absolute Gasteiger partial charge is 0.450 e. The molecule has 6 heteroatoms. The number of hydrogen-bond donors (Lipinski definition) is 0. The summed E-state index contributed by atoms with van der Waals surface area (Å²) >= 11 is 3.29. The van der Waals surface area contributed by atoms with E-state index in [1.807, 2.05) is 6.07 Å². The molecule has 32 heavy (non-hydrogen) atoms. The summed E-state index contributed by atoms with van der Waals surface area (Å²) in [5, 5.41) is 0.868. The van der Waals surface area contributed by atoms with Crippen LogP contribution in [-0.2, 0) is 0 Å². The van der Waals surface area contributed by atoms with Crippen molar-refractivity contribution in [3.8, 4) is 0 Å². The molecule has 158 valence electrons. The number of para-hydroxylation sites is 3. The molecule has 4 nitrogen and oxygen atoms in total. The van der Waals surface area contributed by atoms with Crippen LogP contribution in [0.1, 0.15) is 11.9 Å². The average Bonchev–Trinajstić information content (AvgIpc) is 3.58. The van der Waals surface area contributed by atoms with Crippen molar-refractivity contribution in [2.75, 3.05) is 22.9 Å². The van der Waals surface area contributed by atoms with E-state index in [2.05, 4.69) is 101 Å². The summed E-state index contributed by atoms with van der Waals surface area (Å²) in [5.41, 5.74) is 3.44. The number of nitrogens with zero attached hydrogens (tertiary/aromatic N) is 3. The molecule has 0 radical (unpaired) electrons. The number of fused-ring (bicyclic) bond motifs is 1. The van der Waals surface area contributed by atoms with Gasteiger partial charge in [0.15, 0.2) is 15.6 Å². The van der Waals surface area contributed by atoms with Gasteiger partial charge in [0.2, 0.25) is 0 Å². The smallest absolute Gasteiger partial charge is 0.167 e. The number of aromatic nitrogens is 1. The van der Waals surface area contributed by atoms with Crippen molar-refractivity contribution in [1.82, 2.24) is 4.98 Å². The highest BCUT2D eigenvalue weighted by Gasteiger charge is 2.36. The Hall–Kier alpha value is -3.22. The van der Waals surface area contributed by atoms with Crippen LogP contribution in [0.15, 0.2) is 111 Å². The van der Waals surface area contributed by atoms with Gasteiger partial charge in [0.05, 0.1) is 10.2 Å². The third-order valence-electron chi connectivity index (χ3n) is 5.67. The minimum absolute atomic E-state index is 0.00418. The van der Waals surface area contributed by atoms with Gasteiger partial charge in [0, 0.05) is 24.5 Å². The molecule has 3 aromatic carbocycles. The van der Waals surface area contributed by atoms with Crippen LogP contribution in [0.4, 0.5) is 11.4 Å². The third-order valence-corrected chi connectivity index (χ3v) is 7.68. The number of benzene rings is 3. The van der Waals surface area contributed by atoms with Gasteiger partial charge in [-0.15, -0.1) is 11.3 Å². The van der Waals surface area contributed by atoms with Gasteiger partial charge in [-0.2, -0.15) is 0 Å². The van der Waals surface area contributed by atoms with Gasteiger partial charge in [-0.3, -0.25) is 0 Å². The predicted molar refractivity (Wildman–Crippen MR) is 133 cm³/mol. The van der Waals surface area contributed by atoms with Gasteiger partial charge < -0.3 is 14.2 Å². The normalized spacial score (nSPS) is 14.5. The molecule has 0 amide bonds. The molecule has 0 bridgehead atoms. The van der Waals surface area contributed by atoms with E-state index in [9.17, 15) is 0 Å². The molecule has 0 spiro atoms. The van der Waals surface area contributed by atoms with Crippen molar-refractivity contribution in [3.05, 3.63) is 103 Å². The molecule has 5 aromatic rings. The van der Waals surface area contributed by atoms with E-state index >= 15 is 0 Å². The maximum atomic E-state index is 6.42. The maximum absolute atomic E-state index is 6.42. The average molecular weight is 456 g/mol. The zero-order chi connectivity index (χ0) is 21.3. The van der Waals surface area contributed by atoms with Crippen LogP contribution in [0.25, 0.3) is 10.2 Å². The van der Waals surface area contributed by atoms with Crippen molar-refractivity contribution in [1.29, 1.82) is 0 Å².